The van der Waals surface area contributed by atoms with E-state index < -0.39 is 23.9 Å². The van der Waals surface area contributed by atoms with Crippen molar-refractivity contribution in [1.82, 2.24) is 4.57 Å². The third-order valence-corrected chi connectivity index (χ3v) is 3.27. The lowest BCUT2D eigenvalue weighted by atomic mass is 10.0. The molecule has 1 aromatic carbocycles. The standard InChI is InChI=1S/C15H17NO5/c17-7-6-16-11(9-18)8-12(19)15(21)13(16)14(20)10-4-2-1-3-5-10/h1-5,8,14,17-18,20-21H,6-7,9H2. The molecule has 21 heavy (non-hydrogen) atoms. The van der Waals surface area contributed by atoms with E-state index in [1.54, 1.807) is 30.3 Å². The summed E-state index contributed by atoms with van der Waals surface area (Å²) in [5.41, 5.74) is -0.00386. The molecule has 4 N–H and O–H groups in total. The lowest BCUT2D eigenvalue weighted by molar-refractivity contribution is 0.190. The molecule has 1 heterocycles. The average Bonchev–Trinajstić information content (AvgIpc) is 2.51. The first kappa shape index (κ1) is 15.2. The van der Waals surface area contributed by atoms with Gasteiger partial charge in [-0.1, -0.05) is 30.3 Å². The number of hydrogen-bond donors (Lipinski definition) is 4. The molecule has 0 aliphatic heterocycles. The first-order chi connectivity index (χ1) is 10.1. The number of aromatic nitrogens is 1. The molecule has 0 saturated heterocycles. The van der Waals surface area contributed by atoms with Crippen molar-refractivity contribution in [2.45, 2.75) is 19.3 Å². The van der Waals surface area contributed by atoms with Crippen molar-refractivity contribution in [2.75, 3.05) is 6.61 Å². The summed E-state index contributed by atoms with van der Waals surface area (Å²) in [4.78, 5) is 11.8. The van der Waals surface area contributed by atoms with E-state index in [0.29, 0.717) is 5.56 Å². The SMILES string of the molecule is O=c1cc(CO)n(CCO)c(C(O)c2ccccc2)c1O. The fourth-order valence-corrected chi connectivity index (χ4v) is 2.27. The summed E-state index contributed by atoms with van der Waals surface area (Å²) < 4.78 is 1.36. The molecule has 0 aliphatic rings. The van der Waals surface area contributed by atoms with Crippen molar-refractivity contribution >= 4 is 0 Å². The molecule has 0 aliphatic carbocycles. The number of benzene rings is 1. The van der Waals surface area contributed by atoms with Gasteiger partial charge in [0.25, 0.3) is 0 Å². The minimum atomic E-state index is -1.24. The van der Waals surface area contributed by atoms with Gasteiger partial charge in [0, 0.05) is 18.3 Å². The summed E-state index contributed by atoms with van der Waals surface area (Å²) in [7, 11) is 0. The second-order valence-corrected chi connectivity index (χ2v) is 4.58. The van der Waals surface area contributed by atoms with Crippen LogP contribution in [0.2, 0.25) is 0 Å². The van der Waals surface area contributed by atoms with Crippen LogP contribution in [-0.2, 0) is 13.2 Å². The van der Waals surface area contributed by atoms with Gasteiger partial charge < -0.3 is 25.0 Å². The summed E-state index contributed by atoms with van der Waals surface area (Å²) >= 11 is 0. The van der Waals surface area contributed by atoms with Gasteiger partial charge in [0.2, 0.25) is 5.43 Å². The highest BCUT2D eigenvalue weighted by Gasteiger charge is 2.22. The number of aromatic hydroxyl groups is 1. The lowest BCUT2D eigenvalue weighted by Crippen LogP contribution is -2.22. The van der Waals surface area contributed by atoms with Gasteiger partial charge in [-0.2, -0.15) is 0 Å². The summed E-state index contributed by atoms with van der Waals surface area (Å²) in [6, 6.07) is 9.63. The number of aliphatic hydroxyl groups excluding tert-OH is 3. The fraction of sp³-hybridized carbons (Fsp3) is 0.267. The topological polar surface area (TPSA) is 103 Å². The Morgan fingerprint density at radius 1 is 1.14 bits per heavy atom. The van der Waals surface area contributed by atoms with E-state index in [0.717, 1.165) is 6.07 Å². The molecule has 2 aromatic rings. The monoisotopic (exact) mass is 291 g/mol. The number of pyridine rings is 1. The van der Waals surface area contributed by atoms with Crippen LogP contribution in [0, 0.1) is 0 Å². The first-order valence-electron chi connectivity index (χ1n) is 6.50. The molecule has 0 saturated carbocycles. The third kappa shape index (κ3) is 2.97. The van der Waals surface area contributed by atoms with Crippen molar-refractivity contribution in [3.05, 3.63) is 63.6 Å². The molecule has 2 rings (SSSR count). The number of nitrogens with zero attached hydrogens (tertiary/aromatic N) is 1. The summed E-state index contributed by atoms with van der Waals surface area (Å²) in [6.07, 6.45) is -1.24. The highest BCUT2D eigenvalue weighted by molar-refractivity contribution is 5.37. The normalized spacial score (nSPS) is 12.3. The smallest absolute Gasteiger partial charge is 0.223 e. The Morgan fingerprint density at radius 3 is 2.38 bits per heavy atom. The predicted octanol–water partition coefficient (Wildman–Crippen LogP) is 0.120. The second-order valence-electron chi connectivity index (χ2n) is 4.58. The molecule has 0 amide bonds. The molecule has 0 spiro atoms. The zero-order valence-electron chi connectivity index (χ0n) is 11.3. The lowest BCUT2D eigenvalue weighted by Gasteiger charge is -2.22. The van der Waals surface area contributed by atoms with E-state index in [1.165, 1.54) is 4.57 Å². The van der Waals surface area contributed by atoms with Crippen molar-refractivity contribution in [3.8, 4) is 5.75 Å². The highest BCUT2D eigenvalue weighted by Crippen LogP contribution is 2.28. The van der Waals surface area contributed by atoms with Crippen LogP contribution in [0.15, 0.2) is 41.2 Å². The third-order valence-electron chi connectivity index (χ3n) is 3.27. The van der Waals surface area contributed by atoms with E-state index in [-0.39, 0.29) is 24.5 Å². The van der Waals surface area contributed by atoms with Gasteiger partial charge >= 0.3 is 0 Å². The molecule has 1 aromatic heterocycles. The van der Waals surface area contributed by atoms with E-state index in [2.05, 4.69) is 0 Å². The van der Waals surface area contributed by atoms with E-state index in [9.17, 15) is 20.1 Å². The minimum absolute atomic E-state index is 0.0354. The van der Waals surface area contributed by atoms with Crippen LogP contribution < -0.4 is 5.43 Å². The van der Waals surface area contributed by atoms with Crippen molar-refractivity contribution < 1.29 is 20.4 Å². The Morgan fingerprint density at radius 2 is 1.81 bits per heavy atom. The zero-order valence-corrected chi connectivity index (χ0v) is 11.3. The summed E-state index contributed by atoms with van der Waals surface area (Å²) in [5, 5.41) is 38.9. The Labute approximate surface area is 121 Å². The molecule has 0 radical (unpaired) electrons. The average molecular weight is 291 g/mol. The molecule has 6 nitrogen and oxygen atoms in total. The van der Waals surface area contributed by atoms with Crippen molar-refractivity contribution in [2.24, 2.45) is 0 Å². The van der Waals surface area contributed by atoms with Gasteiger partial charge in [-0.15, -0.1) is 0 Å². The van der Waals surface area contributed by atoms with Crippen LogP contribution in [0.3, 0.4) is 0 Å². The molecule has 6 heteroatoms. The maximum absolute atomic E-state index is 11.8. The van der Waals surface area contributed by atoms with Crippen molar-refractivity contribution in [1.29, 1.82) is 0 Å². The maximum Gasteiger partial charge on any atom is 0.223 e. The Bertz CT molecular complexity index is 666. The van der Waals surface area contributed by atoms with Gasteiger partial charge in [-0.25, -0.2) is 0 Å². The van der Waals surface area contributed by atoms with Crippen LogP contribution in [0.4, 0.5) is 0 Å². The van der Waals surface area contributed by atoms with E-state index in [4.69, 9.17) is 5.11 Å². The Hall–Kier alpha value is -2.15. The van der Waals surface area contributed by atoms with Gasteiger partial charge in [-0.05, 0) is 5.56 Å². The first-order valence-corrected chi connectivity index (χ1v) is 6.50. The van der Waals surface area contributed by atoms with Gasteiger partial charge in [0.15, 0.2) is 5.75 Å². The van der Waals surface area contributed by atoms with Crippen LogP contribution in [0.25, 0.3) is 0 Å². The molecule has 1 atom stereocenters. The zero-order chi connectivity index (χ0) is 15.4. The maximum atomic E-state index is 11.8. The second kappa shape index (κ2) is 6.53. The minimum Gasteiger partial charge on any atom is -0.503 e. The fourth-order valence-electron chi connectivity index (χ4n) is 2.27. The molecule has 0 fully saturated rings. The van der Waals surface area contributed by atoms with Gasteiger partial charge in [0.05, 0.1) is 18.9 Å². The van der Waals surface area contributed by atoms with E-state index in [1.807, 2.05) is 0 Å². The van der Waals surface area contributed by atoms with E-state index >= 15 is 0 Å². The van der Waals surface area contributed by atoms with Gasteiger partial charge in [-0.3, -0.25) is 4.79 Å². The number of hydrogen-bond acceptors (Lipinski definition) is 5. The largest absolute Gasteiger partial charge is 0.503 e. The Kier molecular flexibility index (Phi) is 4.74. The highest BCUT2D eigenvalue weighted by atomic mass is 16.3. The van der Waals surface area contributed by atoms with Crippen LogP contribution in [-0.4, -0.2) is 31.6 Å². The molecule has 0 bridgehead atoms. The van der Waals surface area contributed by atoms with Crippen LogP contribution in [0.1, 0.15) is 23.1 Å². The molecular weight excluding hydrogens is 274 g/mol. The quantitative estimate of drug-likeness (QED) is 0.626. The molecule has 112 valence electrons. The van der Waals surface area contributed by atoms with Gasteiger partial charge in [0.1, 0.15) is 6.10 Å². The van der Waals surface area contributed by atoms with Crippen LogP contribution in [0.5, 0.6) is 5.75 Å². The molecule has 1 unspecified atom stereocenters. The number of aliphatic hydroxyl groups is 3. The Balaban J connectivity index is 2.65. The van der Waals surface area contributed by atoms with Crippen molar-refractivity contribution in [3.63, 3.8) is 0 Å². The molecular formula is C15H17NO5. The van der Waals surface area contributed by atoms with Crippen LogP contribution >= 0.6 is 0 Å². The summed E-state index contributed by atoms with van der Waals surface area (Å²) in [6.45, 7) is -0.656. The predicted molar refractivity (Wildman–Crippen MR) is 75.9 cm³/mol. The number of rotatable bonds is 5. The summed E-state index contributed by atoms with van der Waals surface area (Å²) in [5.74, 6) is -0.586.